The van der Waals surface area contributed by atoms with Crippen LogP contribution >= 0.6 is 11.6 Å². The number of nitrogens with one attached hydrogen (secondary N) is 1. The zero-order chi connectivity index (χ0) is 20.5. The van der Waals surface area contributed by atoms with E-state index in [0.717, 1.165) is 16.8 Å². The summed E-state index contributed by atoms with van der Waals surface area (Å²) in [4.78, 5) is 2.15. The molecule has 1 heterocycles. The molecule has 0 amide bonds. The van der Waals surface area contributed by atoms with Gasteiger partial charge in [-0.1, -0.05) is 72.5 Å². The third-order valence-electron chi connectivity index (χ3n) is 4.85. The van der Waals surface area contributed by atoms with Gasteiger partial charge in [0.1, 0.15) is 10.3 Å². The molecule has 1 aliphatic heterocycles. The van der Waals surface area contributed by atoms with Crippen molar-refractivity contribution in [1.82, 2.24) is 9.21 Å². The van der Waals surface area contributed by atoms with Crippen LogP contribution in [0.5, 0.6) is 0 Å². The van der Waals surface area contributed by atoms with E-state index in [9.17, 15) is 8.42 Å². The van der Waals surface area contributed by atoms with Crippen molar-refractivity contribution in [1.29, 1.82) is 4.78 Å². The highest BCUT2D eigenvalue weighted by Gasteiger charge is 2.31. The molecule has 150 valence electrons. The van der Waals surface area contributed by atoms with E-state index in [1.165, 1.54) is 4.31 Å². The summed E-state index contributed by atoms with van der Waals surface area (Å²) in [6, 6.07) is 15.0. The quantitative estimate of drug-likeness (QED) is 0.712. The second-order valence-corrected chi connectivity index (χ2v) is 10.2. The van der Waals surface area contributed by atoms with E-state index in [0.29, 0.717) is 13.1 Å². The van der Waals surface area contributed by atoms with Gasteiger partial charge in [-0.25, -0.2) is 8.42 Å². The number of rotatable bonds is 6. The van der Waals surface area contributed by atoms with Crippen LogP contribution in [0.3, 0.4) is 0 Å². The maximum absolute atomic E-state index is 13.0. The molecule has 3 rings (SSSR count). The fourth-order valence-corrected chi connectivity index (χ4v) is 6.92. The normalized spacial score (nSPS) is 19.9. The number of hydrogen-bond acceptors (Lipinski definition) is 4. The van der Waals surface area contributed by atoms with E-state index in [4.69, 9.17) is 16.4 Å². The molecule has 8 heteroatoms. The van der Waals surface area contributed by atoms with Gasteiger partial charge in [-0.15, -0.1) is 0 Å². The summed E-state index contributed by atoms with van der Waals surface area (Å²) in [6.45, 7) is 4.38. The maximum Gasteiger partial charge on any atom is 0.244 e. The Hall–Kier alpha value is -1.67. The van der Waals surface area contributed by atoms with E-state index in [-0.39, 0.29) is 15.3 Å². The summed E-state index contributed by atoms with van der Waals surface area (Å²) in [5.41, 5.74) is 2.67. The molecule has 2 unspecified atom stereocenters. The van der Waals surface area contributed by atoms with Crippen LogP contribution in [-0.2, 0) is 20.7 Å². The first-order valence-corrected chi connectivity index (χ1v) is 12.2. The van der Waals surface area contributed by atoms with Crippen molar-refractivity contribution in [2.24, 2.45) is 0 Å². The fraction of sp³-hybridized carbons (Fsp3) is 0.300. The van der Waals surface area contributed by atoms with E-state index in [2.05, 4.69) is 0 Å². The van der Waals surface area contributed by atoms with Crippen molar-refractivity contribution >= 4 is 38.0 Å². The van der Waals surface area contributed by atoms with Gasteiger partial charge in [0.25, 0.3) is 0 Å². The molecule has 2 atom stereocenters. The minimum Gasteiger partial charge on any atom is -0.357 e. The lowest BCUT2D eigenvalue weighted by molar-refractivity contribution is 0.445. The summed E-state index contributed by atoms with van der Waals surface area (Å²) in [5.74, 6) is 0. The highest BCUT2D eigenvalue weighted by molar-refractivity contribution is 7.89. The smallest absolute Gasteiger partial charge is 0.244 e. The average molecular weight is 438 g/mol. The predicted molar refractivity (Wildman–Crippen MR) is 117 cm³/mol. The van der Waals surface area contributed by atoms with Gasteiger partial charge in [0.05, 0.1) is 10.7 Å². The molecular formula is C20H24ClN3O2S2. The first kappa shape index (κ1) is 21.0. The number of nitrogens with zero attached hydrogens (tertiary/aromatic N) is 2. The third-order valence-corrected chi connectivity index (χ3v) is 8.92. The first-order chi connectivity index (χ1) is 13.3. The molecule has 28 heavy (non-hydrogen) atoms. The van der Waals surface area contributed by atoms with Crippen LogP contribution in [0.1, 0.15) is 30.3 Å². The molecule has 5 nitrogen and oxygen atoms in total. The van der Waals surface area contributed by atoms with E-state index in [1.54, 1.807) is 12.1 Å². The Bertz CT molecular complexity index is 1020. The second kappa shape index (κ2) is 8.37. The van der Waals surface area contributed by atoms with Gasteiger partial charge in [-0.3, -0.25) is 4.78 Å². The summed E-state index contributed by atoms with van der Waals surface area (Å²) in [6.07, 6.45) is 0. The summed E-state index contributed by atoms with van der Waals surface area (Å²) in [5, 5.41) is 2.02. The lowest BCUT2D eigenvalue weighted by Crippen LogP contribution is -2.31. The summed E-state index contributed by atoms with van der Waals surface area (Å²) < 4.78 is 35.9. The van der Waals surface area contributed by atoms with Gasteiger partial charge < -0.3 is 4.90 Å². The van der Waals surface area contributed by atoms with Crippen LogP contribution in [0.15, 0.2) is 58.8 Å². The number of sulfonamides is 1. The topological polar surface area (TPSA) is 64.5 Å². The molecule has 1 aliphatic rings. The van der Waals surface area contributed by atoms with Crippen molar-refractivity contribution < 1.29 is 8.42 Å². The Morgan fingerprint density at radius 3 is 2.39 bits per heavy atom. The monoisotopic (exact) mass is 437 g/mol. The summed E-state index contributed by atoms with van der Waals surface area (Å²) >= 11 is 6.26. The van der Waals surface area contributed by atoms with Crippen molar-refractivity contribution in [2.75, 3.05) is 20.1 Å². The van der Waals surface area contributed by atoms with Gasteiger partial charge in [-0.05, 0) is 23.3 Å². The Morgan fingerprint density at radius 2 is 1.79 bits per heavy atom. The third kappa shape index (κ3) is 3.76. The average Bonchev–Trinajstić information content (AvgIpc) is 2.97. The highest BCUT2D eigenvalue weighted by atomic mass is 35.5. The zero-order valence-corrected chi connectivity index (χ0v) is 18.5. The van der Waals surface area contributed by atoms with Crippen LogP contribution in [0.2, 0.25) is 5.02 Å². The largest absolute Gasteiger partial charge is 0.357 e. The fourth-order valence-electron chi connectivity index (χ4n) is 3.39. The zero-order valence-electron chi connectivity index (χ0n) is 16.1. The van der Waals surface area contributed by atoms with E-state index in [1.807, 2.05) is 67.6 Å². The van der Waals surface area contributed by atoms with E-state index >= 15 is 0 Å². The van der Waals surface area contributed by atoms with Gasteiger partial charge in [-0.2, -0.15) is 4.31 Å². The Kier molecular flexibility index (Phi) is 6.29. The van der Waals surface area contributed by atoms with Crippen molar-refractivity contribution in [2.45, 2.75) is 24.1 Å². The molecule has 0 bridgehead atoms. The highest BCUT2D eigenvalue weighted by Crippen LogP contribution is 2.39. The molecule has 0 fully saturated rings. The van der Waals surface area contributed by atoms with Crippen molar-refractivity contribution in [3.05, 3.63) is 70.1 Å². The molecule has 0 aromatic heterocycles. The molecule has 2 aromatic rings. The SMILES string of the molecule is CCN(CC)S(=O)(=O)c1cc(C2=CS(=N)C(c3ccccc3)N2C)ccc1Cl. The Morgan fingerprint density at radius 1 is 1.14 bits per heavy atom. The Labute approximate surface area is 174 Å². The van der Waals surface area contributed by atoms with E-state index < -0.39 is 20.7 Å². The predicted octanol–water partition coefficient (Wildman–Crippen LogP) is 4.69. The Balaban J connectivity index is 2.02. The molecular weight excluding hydrogens is 414 g/mol. The lowest BCUT2D eigenvalue weighted by atomic mass is 10.1. The standard InChI is InChI=1S/C20H24ClN3O2S2/c1-4-24(5-2)28(25,26)19-13-16(11-12-17(19)21)18-14-27(22)20(23(18)3)15-9-7-6-8-10-15/h6-14,20,22H,4-5H2,1-3H3. The number of halogens is 1. The van der Waals surface area contributed by atoms with Gasteiger partial charge in [0, 0.05) is 25.5 Å². The second-order valence-electron chi connectivity index (χ2n) is 6.48. The van der Waals surface area contributed by atoms with Gasteiger partial charge in [0.15, 0.2) is 0 Å². The lowest BCUT2D eigenvalue weighted by Gasteiger charge is -2.26. The number of hydrogen-bond donors (Lipinski definition) is 1. The van der Waals surface area contributed by atoms with Crippen LogP contribution in [0, 0.1) is 4.78 Å². The molecule has 0 radical (unpaired) electrons. The molecule has 1 N–H and O–H groups in total. The van der Waals surface area contributed by atoms with Gasteiger partial charge >= 0.3 is 0 Å². The first-order valence-electron chi connectivity index (χ1n) is 9.04. The molecule has 0 aliphatic carbocycles. The molecule has 0 saturated carbocycles. The summed E-state index contributed by atoms with van der Waals surface area (Å²) in [7, 11) is -2.47. The maximum atomic E-state index is 13.0. The van der Waals surface area contributed by atoms with Crippen molar-refractivity contribution in [3.63, 3.8) is 0 Å². The molecule has 0 spiro atoms. The molecule has 2 aromatic carbocycles. The van der Waals surface area contributed by atoms with Crippen LogP contribution in [0.4, 0.5) is 0 Å². The minimum atomic E-state index is -3.67. The minimum absolute atomic E-state index is 0.0882. The number of benzene rings is 2. The molecule has 0 saturated heterocycles. The van der Waals surface area contributed by atoms with Crippen LogP contribution in [-0.4, -0.2) is 37.8 Å². The van der Waals surface area contributed by atoms with Crippen LogP contribution < -0.4 is 0 Å². The van der Waals surface area contributed by atoms with Gasteiger partial charge in [0.2, 0.25) is 10.0 Å². The van der Waals surface area contributed by atoms with Crippen LogP contribution in [0.25, 0.3) is 5.70 Å². The van der Waals surface area contributed by atoms with Crippen molar-refractivity contribution in [3.8, 4) is 0 Å².